The Bertz CT molecular complexity index is 964. The van der Waals surface area contributed by atoms with Crippen LogP contribution in [0.3, 0.4) is 0 Å². The normalized spacial score (nSPS) is 10.1. The van der Waals surface area contributed by atoms with Gasteiger partial charge in [-0.15, -0.1) is 6.42 Å². The van der Waals surface area contributed by atoms with Crippen LogP contribution in [0.25, 0.3) is 11.0 Å². The van der Waals surface area contributed by atoms with E-state index in [1.165, 1.54) is 6.07 Å². The van der Waals surface area contributed by atoms with Gasteiger partial charge in [0, 0.05) is 17.3 Å². The number of hydrogen-bond acceptors (Lipinski definition) is 3. The molecule has 1 N–H and O–H groups in total. The maximum absolute atomic E-state index is 12.2. The van der Waals surface area contributed by atoms with Gasteiger partial charge in [-0.25, -0.2) is 0 Å². The molecule has 0 aliphatic heterocycles. The molecule has 4 heteroatoms. The first-order valence-electron chi connectivity index (χ1n) is 6.58. The predicted octanol–water partition coefficient (Wildman–Crippen LogP) is 3.03. The number of anilines is 1. The summed E-state index contributed by atoms with van der Waals surface area (Å²) in [5.74, 6) is 1.94. The van der Waals surface area contributed by atoms with Crippen molar-refractivity contribution in [3.63, 3.8) is 0 Å². The van der Waals surface area contributed by atoms with E-state index in [2.05, 4.69) is 11.2 Å². The first-order chi connectivity index (χ1) is 10.7. The maximum Gasteiger partial charge on any atom is 0.291 e. The number of nitrogens with one attached hydrogen (secondary N) is 1. The molecule has 0 saturated carbocycles. The highest BCUT2D eigenvalue weighted by Crippen LogP contribution is 2.14. The van der Waals surface area contributed by atoms with Crippen molar-refractivity contribution in [2.24, 2.45) is 0 Å². The summed E-state index contributed by atoms with van der Waals surface area (Å²) in [6.07, 6.45) is 5.32. The molecule has 3 aromatic rings. The Morgan fingerprint density at radius 3 is 2.73 bits per heavy atom. The third-order valence-electron chi connectivity index (χ3n) is 3.15. The summed E-state index contributed by atoms with van der Waals surface area (Å²) < 4.78 is 5.48. The summed E-state index contributed by atoms with van der Waals surface area (Å²) in [6, 6.07) is 14.8. The summed E-state index contributed by atoms with van der Waals surface area (Å²) >= 11 is 0. The second-order valence-electron chi connectivity index (χ2n) is 4.65. The van der Waals surface area contributed by atoms with Crippen molar-refractivity contribution in [3.05, 3.63) is 76.1 Å². The van der Waals surface area contributed by atoms with Crippen LogP contribution in [-0.2, 0) is 0 Å². The predicted molar refractivity (Wildman–Crippen MR) is 84.8 cm³/mol. The Balaban J connectivity index is 1.95. The molecule has 0 aliphatic rings. The Hall–Kier alpha value is -3.32. The molecule has 3 rings (SSSR count). The molecular weight excluding hydrogens is 278 g/mol. The number of rotatable bonds is 2. The number of amides is 1. The molecule has 1 amide bonds. The molecule has 0 aliphatic carbocycles. The lowest BCUT2D eigenvalue weighted by molar-refractivity contribution is 0.0997. The molecule has 2 aromatic carbocycles. The Labute approximate surface area is 126 Å². The van der Waals surface area contributed by atoms with Gasteiger partial charge in [-0.3, -0.25) is 9.59 Å². The smallest absolute Gasteiger partial charge is 0.291 e. The highest BCUT2D eigenvalue weighted by Gasteiger charge is 2.12. The van der Waals surface area contributed by atoms with Crippen molar-refractivity contribution >= 4 is 22.6 Å². The van der Waals surface area contributed by atoms with Gasteiger partial charge in [0.1, 0.15) is 5.58 Å². The zero-order valence-electron chi connectivity index (χ0n) is 11.5. The average molecular weight is 289 g/mol. The van der Waals surface area contributed by atoms with Crippen LogP contribution < -0.4 is 10.7 Å². The minimum Gasteiger partial charge on any atom is -0.451 e. The largest absolute Gasteiger partial charge is 0.451 e. The monoisotopic (exact) mass is 289 g/mol. The maximum atomic E-state index is 12.2. The highest BCUT2D eigenvalue weighted by atomic mass is 16.3. The molecule has 0 fully saturated rings. The van der Waals surface area contributed by atoms with Gasteiger partial charge in [0.2, 0.25) is 0 Å². The topological polar surface area (TPSA) is 59.3 Å². The number of hydrogen-bond donors (Lipinski definition) is 1. The lowest BCUT2D eigenvalue weighted by Crippen LogP contribution is -2.15. The minimum absolute atomic E-state index is 0.0465. The zero-order chi connectivity index (χ0) is 15.5. The van der Waals surface area contributed by atoms with E-state index in [4.69, 9.17) is 10.8 Å². The van der Waals surface area contributed by atoms with Crippen LogP contribution in [0.1, 0.15) is 16.1 Å². The van der Waals surface area contributed by atoms with Crippen LogP contribution in [0.5, 0.6) is 0 Å². The van der Waals surface area contributed by atoms with Crippen LogP contribution in [0.2, 0.25) is 0 Å². The molecule has 0 spiro atoms. The Morgan fingerprint density at radius 2 is 1.91 bits per heavy atom. The standard InChI is InChI=1S/C18H11NO3/c1-2-12-6-5-7-13(10-12)19-18(21)17-11-15(20)14-8-3-4-9-16(14)22-17/h1,3-11H,(H,19,21). The number of benzene rings is 2. The molecule has 0 radical (unpaired) electrons. The van der Waals surface area contributed by atoms with E-state index in [0.29, 0.717) is 22.2 Å². The first kappa shape index (κ1) is 13.7. The van der Waals surface area contributed by atoms with Crippen LogP contribution in [0.4, 0.5) is 5.69 Å². The van der Waals surface area contributed by atoms with Gasteiger partial charge < -0.3 is 9.73 Å². The van der Waals surface area contributed by atoms with Gasteiger partial charge in [-0.2, -0.15) is 0 Å². The number of fused-ring (bicyclic) bond motifs is 1. The van der Waals surface area contributed by atoms with Gasteiger partial charge in [0.15, 0.2) is 11.2 Å². The van der Waals surface area contributed by atoms with Crippen molar-refractivity contribution in [1.29, 1.82) is 0 Å². The quantitative estimate of drug-likeness (QED) is 0.738. The second-order valence-corrected chi connectivity index (χ2v) is 4.65. The molecule has 1 aromatic heterocycles. The number of para-hydroxylation sites is 1. The average Bonchev–Trinajstić information content (AvgIpc) is 2.55. The fourth-order valence-electron chi connectivity index (χ4n) is 2.10. The van der Waals surface area contributed by atoms with E-state index in [1.807, 2.05) is 0 Å². The van der Waals surface area contributed by atoms with Crippen molar-refractivity contribution in [2.75, 3.05) is 5.32 Å². The Kier molecular flexibility index (Phi) is 3.47. The summed E-state index contributed by atoms with van der Waals surface area (Å²) in [6.45, 7) is 0. The van der Waals surface area contributed by atoms with E-state index < -0.39 is 5.91 Å². The van der Waals surface area contributed by atoms with Gasteiger partial charge >= 0.3 is 0 Å². The van der Waals surface area contributed by atoms with Crippen molar-refractivity contribution in [2.45, 2.75) is 0 Å². The lowest BCUT2D eigenvalue weighted by atomic mass is 10.2. The molecule has 1 heterocycles. The van der Waals surface area contributed by atoms with E-state index in [-0.39, 0.29) is 11.2 Å². The van der Waals surface area contributed by atoms with Crippen molar-refractivity contribution in [1.82, 2.24) is 0 Å². The van der Waals surface area contributed by atoms with Crippen LogP contribution in [0, 0.1) is 12.3 Å². The number of terminal acetylenes is 1. The zero-order valence-corrected chi connectivity index (χ0v) is 11.5. The van der Waals surface area contributed by atoms with Gasteiger partial charge in [-0.1, -0.05) is 24.1 Å². The summed E-state index contributed by atoms with van der Waals surface area (Å²) in [7, 11) is 0. The molecule has 22 heavy (non-hydrogen) atoms. The summed E-state index contributed by atoms with van der Waals surface area (Å²) in [5, 5.41) is 3.10. The van der Waals surface area contributed by atoms with Crippen LogP contribution in [0.15, 0.2) is 63.8 Å². The van der Waals surface area contributed by atoms with Crippen LogP contribution >= 0.6 is 0 Å². The van der Waals surface area contributed by atoms with Gasteiger partial charge in [-0.05, 0) is 30.3 Å². The number of carbonyl (C=O) groups is 1. The van der Waals surface area contributed by atoms with E-state index in [9.17, 15) is 9.59 Å². The van der Waals surface area contributed by atoms with Gasteiger partial charge in [0.25, 0.3) is 5.91 Å². The molecule has 0 bridgehead atoms. The Morgan fingerprint density at radius 1 is 1.09 bits per heavy atom. The van der Waals surface area contributed by atoms with E-state index in [1.54, 1.807) is 48.5 Å². The van der Waals surface area contributed by atoms with Gasteiger partial charge in [0.05, 0.1) is 5.39 Å². The van der Waals surface area contributed by atoms with E-state index in [0.717, 1.165) is 0 Å². The summed E-state index contributed by atoms with van der Waals surface area (Å²) in [4.78, 5) is 24.2. The second kappa shape index (κ2) is 5.58. The fraction of sp³-hybridized carbons (Fsp3) is 0. The summed E-state index contributed by atoms with van der Waals surface area (Å²) in [5.41, 5.74) is 1.30. The molecule has 4 nitrogen and oxygen atoms in total. The number of carbonyl (C=O) groups excluding carboxylic acids is 1. The van der Waals surface area contributed by atoms with Crippen molar-refractivity contribution < 1.29 is 9.21 Å². The lowest BCUT2D eigenvalue weighted by Gasteiger charge is -2.05. The van der Waals surface area contributed by atoms with E-state index >= 15 is 0 Å². The first-order valence-corrected chi connectivity index (χ1v) is 6.58. The minimum atomic E-state index is -0.503. The fourth-order valence-corrected chi connectivity index (χ4v) is 2.10. The molecule has 0 unspecified atom stereocenters. The molecule has 0 saturated heterocycles. The third-order valence-corrected chi connectivity index (χ3v) is 3.15. The molecule has 0 atom stereocenters. The third kappa shape index (κ3) is 2.60. The SMILES string of the molecule is C#Cc1cccc(NC(=O)c2cc(=O)c3ccccc3o2)c1. The highest BCUT2D eigenvalue weighted by molar-refractivity contribution is 6.03. The van der Waals surface area contributed by atoms with Crippen molar-refractivity contribution in [3.8, 4) is 12.3 Å². The van der Waals surface area contributed by atoms with Crippen LogP contribution in [-0.4, -0.2) is 5.91 Å². The molecule has 106 valence electrons. The molecular formula is C18H11NO3.